The molecule has 0 radical (unpaired) electrons. The van der Waals surface area contributed by atoms with Crippen molar-refractivity contribution in [1.82, 2.24) is 4.90 Å². The molecule has 0 bridgehead atoms. The topological polar surface area (TPSA) is 38.5 Å². The predicted molar refractivity (Wildman–Crippen MR) is 75.6 cm³/mol. The summed E-state index contributed by atoms with van der Waals surface area (Å²) in [6, 6.07) is 0. The van der Waals surface area contributed by atoms with Crippen molar-refractivity contribution in [2.75, 3.05) is 39.4 Å². The maximum absolute atomic E-state index is 6.02. The largest absolute Gasteiger partial charge is 0.381 e. The molecule has 0 saturated carbocycles. The summed E-state index contributed by atoms with van der Waals surface area (Å²) < 4.78 is 5.67. The summed E-state index contributed by atoms with van der Waals surface area (Å²) in [6.45, 7) is 8.58. The van der Waals surface area contributed by atoms with Gasteiger partial charge in [-0.15, -0.1) is 0 Å². The van der Waals surface area contributed by atoms with Crippen molar-refractivity contribution in [3.05, 3.63) is 0 Å². The molecule has 2 aliphatic rings. The van der Waals surface area contributed by atoms with Gasteiger partial charge in [0.05, 0.1) is 6.61 Å². The molecule has 0 aromatic carbocycles. The first-order valence-corrected chi connectivity index (χ1v) is 7.78. The molecule has 2 heterocycles. The first-order chi connectivity index (χ1) is 8.78. The molecule has 1 atom stereocenters. The van der Waals surface area contributed by atoms with Crippen molar-refractivity contribution in [2.24, 2.45) is 17.1 Å². The lowest BCUT2D eigenvalue weighted by Crippen LogP contribution is -2.49. The van der Waals surface area contributed by atoms with Gasteiger partial charge in [-0.05, 0) is 44.7 Å². The number of ether oxygens (including phenoxy) is 1. The van der Waals surface area contributed by atoms with E-state index in [9.17, 15) is 0 Å². The van der Waals surface area contributed by atoms with Crippen LogP contribution in [-0.2, 0) is 4.74 Å². The molecule has 0 aromatic rings. The predicted octanol–water partition coefficient (Wildman–Crippen LogP) is 2.25. The van der Waals surface area contributed by atoms with Gasteiger partial charge in [0.2, 0.25) is 0 Å². The van der Waals surface area contributed by atoms with E-state index in [1.165, 1.54) is 51.6 Å². The van der Waals surface area contributed by atoms with Gasteiger partial charge in [0.25, 0.3) is 0 Å². The van der Waals surface area contributed by atoms with E-state index in [4.69, 9.17) is 10.5 Å². The molecule has 2 fully saturated rings. The van der Waals surface area contributed by atoms with Gasteiger partial charge in [0.15, 0.2) is 0 Å². The first kappa shape index (κ1) is 14.3. The van der Waals surface area contributed by atoms with Gasteiger partial charge in [-0.2, -0.15) is 0 Å². The average molecular weight is 254 g/mol. The van der Waals surface area contributed by atoms with Crippen LogP contribution in [0.4, 0.5) is 0 Å². The van der Waals surface area contributed by atoms with Gasteiger partial charge in [0.1, 0.15) is 0 Å². The van der Waals surface area contributed by atoms with Crippen LogP contribution in [0.3, 0.4) is 0 Å². The van der Waals surface area contributed by atoms with Crippen LogP contribution in [0, 0.1) is 11.3 Å². The Labute approximate surface area is 112 Å². The molecule has 0 spiro atoms. The van der Waals surface area contributed by atoms with E-state index in [-0.39, 0.29) is 5.41 Å². The highest BCUT2D eigenvalue weighted by molar-refractivity contribution is 4.87. The second-order valence-corrected chi connectivity index (χ2v) is 6.37. The summed E-state index contributed by atoms with van der Waals surface area (Å²) in [6.07, 6.45) is 7.96. The Balaban J connectivity index is 1.79. The van der Waals surface area contributed by atoms with Crippen molar-refractivity contribution in [3.63, 3.8) is 0 Å². The molecule has 18 heavy (non-hydrogen) atoms. The normalized spacial score (nSPS) is 31.7. The monoisotopic (exact) mass is 254 g/mol. The van der Waals surface area contributed by atoms with E-state index in [0.717, 1.165) is 32.2 Å². The molecule has 2 rings (SSSR count). The lowest BCUT2D eigenvalue weighted by Gasteiger charge is -2.42. The summed E-state index contributed by atoms with van der Waals surface area (Å²) >= 11 is 0. The van der Waals surface area contributed by atoms with Crippen LogP contribution >= 0.6 is 0 Å². The van der Waals surface area contributed by atoms with Crippen molar-refractivity contribution >= 4 is 0 Å². The summed E-state index contributed by atoms with van der Waals surface area (Å²) in [7, 11) is 0. The van der Waals surface area contributed by atoms with Gasteiger partial charge in [-0.1, -0.05) is 19.8 Å². The third-order valence-corrected chi connectivity index (χ3v) is 4.80. The third-order valence-electron chi connectivity index (χ3n) is 4.80. The van der Waals surface area contributed by atoms with E-state index in [0.29, 0.717) is 0 Å². The molecule has 1 unspecified atom stereocenters. The summed E-state index contributed by atoms with van der Waals surface area (Å²) in [5.41, 5.74) is 6.27. The molecule has 2 N–H and O–H groups in total. The molecular weight excluding hydrogens is 224 g/mol. The number of piperidine rings is 1. The van der Waals surface area contributed by atoms with E-state index in [1.54, 1.807) is 0 Å². The highest BCUT2D eigenvalue weighted by Gasteiger charge is 2.34. The molecular formula is C15H30N2O. The third kappa shape index (κ3) is 3.69. The lowest BCUT2D eigenvalue weighted by molar-refractivity contribution is -0.0266. The second kappa shape index (κ2) is 6.88. The minimum Gasteiger partial charge on any atom is -0.381 e. The minimum absolute atomic E-state index is 0.246. The Kier molecular flexibility index (Phi) is 5.46. The Hall–Kier alpha value is -0.120. The Bertz CT molecular complexity index is 231. The summed E-state index contributed by atoms with van der Waals surface area (Å²) in [4.78, 5) is 2.63. The number of nitrogens with two attached hydrogens (primary N) is 1. The molecule has 106 valence electrons. The van der Waals surface area contributed by atoms with E-state index in [2.05, 4.69) is 11.8 Å². The van der Waals surface area contributed by atoms with E-state index in [1.807, 2.05) is 0 Å². The van der Waals surface area contributed by atoms with Crippen molar-refractivity contribution < 1.29 is 4.74 Å². The SMILES string of the molecule is CCCC1CCN(CC2(CN)CCCOC2)CC1. The molecule has 3 heteroatoms. The highest BCUT2D eigenvalue weighted by atomic mass is 16.5. The number of hydrogen-bond donors (Lipinski definition) is 1. The Morgan fingerprint density at radius 2 is 2.11 bits per heavy atom. The van der Waals surface area contributed by atoms with Gasteiger partial charge in [-0.3, -0.25) is 0 Å². The van der Waals surface area contributed by atoms with Gasteiger partial charge in [-0.25, -0.2) is 0 Å². The quantitative estimate of drug-likeness (QED) is 0.818. The summed E-state index contributed by atoms with van der Waals surface area (Å²) in [5, 5.41) is 0. The van der Waals surface area contributed by atoms with Crippen LogP contribution in [-0.4, -0.2) is 44.3 Å². The van der Waals surface area contributed by atoms with Crippen molar-refractivity contribution in [1.29, 1.82) is 0 Å². The van der Waals surface area contributed by atoms with Gasteiger partial charge in [0, 0.05) is 25.1 Å². The maximum atomic E-state index is 6.02. The molecule has 2 aliphatic heterocycles. The van der Waals surface area contributed by atoms with Gasteiger partial charge < -0.3 is 15.4 Å². The highest BCUT2D eigenvalue weighted by Crippen LogP contribution is 2.31. The zero-order chi connectivity index (χ0) is 12.8. The van der Waals surface area contributed by atoms with Crippen LogP contribution in [0.5, 0.6) is 0 Å². The standard InChI is InChI=1S/C15H30N2O/c1-2-4-14-5-8-17(9-6-14)12-15(11-16)7-3-10-18-13-15/h14H,2-13,16H2,1H3. The minimum atomic E-state index is 0.246. The van der Waals surface area contributed by atoms with E-state index >= 15 is 0 Å². The Morgan fingerprint density at radius 1 is 1.33 bits per heavy atom. The second-order valence-electron chi connectivity index (χ2n) is 6.37. The number of nitrogens with zero attached hydrogens (tertiary/aromatic N) is 1. The number of rotatable bonds is 5. The lowest BCUT2D eigenvalue weighted by atomic mass is 9.81. The number of likely N-dealkylation sites (tertiary alicyclic amines) is 1. The smallest absolute Gasteiger partial charge is 0.0546 e. The van der Waals surface area contributed by atoms with Crippen LogP contribution in [0.2, 0.25) is 0 Å². The van der Waals surface area contributed by atoms with Crippen LogP contribution in [0.1, 0.15) is 45.4 Å². The maximum Gasteiger partial charge on any atom is 0.0546 e. The molecule has 2 saturated heterocycles. The average Bonchev–Trinajstić information content (AvgIpc) is 2.42. The fraction of sp³-hybridized carbons (Fsp3) is 1.00. The van der Waals surface area contributed by atoms with Gasteiger partial charge >= 0.3 is 0 Å². The molecule has 0 aliphatic carbocycles. The zero-order valence-electron chi connectivity index (χ0n) is 12.0. The van der Waals surface area contributed by atoms with E-state index < -0.39 is 0 Å². The van der Waals surface area contributed by atoms with Crippen molar-refractivity contribution in [2.45, 2.75) is 45.4 Å². The first-order valence-electron chi connectivity index (χ1n) is 7.78. The Morgan fingerprint density at radius 3 is 2.67 bits per heavy atom. The zero-order valence-corrected chi connectivity index (χ0v) is 12.0. The van der Waals surface area contributed by atoms with Crippen LogP contribution in [0.25, 0.3) is 0 Å². The fourth-order valence-electron chi connectivity index (χ4n) is 3.58. The van der Waals surface area contributed by atoms with Crippen molar-refractivity contribution in [3.8, 4) is 0 Å². The fourth-order valence-corrected chi connectivity index (χ4v) is 3.58. The summed E-state index contributed by atoms with van der Waals surface area (Å²) in [5.74, 6) is 0.975. The molecule has 3 nitrogen and oxygen atoms in total. The number of hydrogen-bond acceptors (Lipinski definition) is 3. The molecule has 0 aromatic heterocycles. The van der Waals surface area contributed by atoms with Crippen LogP contribution < -0.4 is 5.73 Å². The van der Waals surface area contributed by atoms with Crippen LogP contribution in [0.15, 0.2) is 0 Å². The molecule has 0 amide bonds.